The monoisotopic (exact) mass is 398 g/mol. The van der Waals surface area contributed by atoms with Crippen LogP contribution in [0.1, 0.15) is 61.7 Å². The molecule has 26 heavy (non-hydrogen) atoms. The number of rotatable bonds is 5. The molecular weight excluding hydrogens is 372 g/mol. The molecule has 5 nitrogen and oxygen atoms in total. The van der Waals surface area contributed by atoms with E-state index in [1.54, 1.807) is 0 Å². The molecule has 2 fully saturated rings. The van der Waals surface area contributed by atoms with Gasteiger partial charge >= 0.3 is 0 Å². The maximum atomic E-state index is 13.4. The van der Waals surface area contributed by atoms with E-state index in [1.165, 1.54) is 32.3 Å². The van der Waals surface area contributed by atoms with Gasteiger partial charge in [-0.25, -0.2) is 12.7 Å². The highest BCUT2D eigenvalue weighted by atomic mass is 35.5. The summed E-state index contributed by atoms with van der Waals surface area (Å²) >= 11 is 6.32. The van der Waals surface area contributed by atoms with E-state index in [2.05, 4.69) is 0 Å². The van der Waals surface area contributed by atoms with Gasteiger partial charge in [0.15, 0.2) is 0 Å². The van der Waals surface area contributed by atoms with E-state index in [1.807, 2.05) is 4.90 Å². The maximum Gasteiger partial charge on any atom is 0.255 e. The lowest BCUT2D eigenvalue weighted by Gasteiger charge is -2.35. The number of amides is 1. The van der Waals surface area contributed by atoms with Gasteiger partial charge in [-0.2, -0.15) is 0 Å². The highest BCUT2D eigenvalue weighted by Crippen LogP contribution is 2.34. The predicted octanol–water partition coefficient (Wildman–Crippen LogP) is 3.92. The Morgan fingerprint density at radius 2 is 1.50 bits per heavy atom. The van der Waals surface area contributed by atoms with Crippen LogP contribution in [0.25, 0.3) is 0 Å². The summed E-state index contributed by atoms with van der Waals surface area (Å²) in [5.74, 6) is -0.121. The molecule has 144 valence electrons. The molecule has 7 heteroatoms. The van der Waals surface area contributed by atoms with Crippen molar-refractivity contribution in [2.45, 2.75) is 68.3 Å². The van der Waals surface area contributed by atoms with Crippen LogP contribution < -0.4 is 0 Å². The van der Waals surface area contributed by atoms with Gasteiger partial charge in [-0.3, -0.25) is 4.79 Å². The van der Waals surface area contributed by atoms with Crippen molar-refractivity contribution in [1.29, 1.82) is 0 Å². The van der Waals surface area contributed by atoms with Gasteiger partial charge in [0, 0.05) is 26.2 Å². The number of nitrogens with zero attached hydrogens (tertiary/aromatic N) is 2. The van der Waals surface area contributed by atoms with Crippen molar-refractivity contribution < 1.29 is 13.2 Å². The zero-order valence-corrected chi connectivity index (χ0v) is 17.0. The van der Waals surface area contributed by atoms with Crippen molar-refractivity contribution in [2.75, 3.05) is 14.1 Å². The zero-order valence-electron chi connectivity index (χ0n) is 15.4. The lowest BCUT2D eigenvalue weighted by molar-refractivity contribution is 0.0580. The number of halogens is 1. The Morgan fingerprint density at radius 1 is 1.00 bits per heavy atom. The molecule has 0 aliphatic heterocycles. The van der Waals surface area contributed by atoms with Crippen molar-refractivity contribution in [3.8, 4) is 0 Å². The van der Waals surface area contributed by atoms with Gasteiger partial charge in [0.25, 0.3) is 5.91 Å². The average molecular weight is 399 g/mol. The Morgan fingerprint density at radius 3 is 1.96 bits per heavy atom. The molecule has 2 saturated carbocycles. The number of hydrogen-bond acceptors (Lipinski definition) is 3. The molecule has 0 saturated heterocycles. The van der Waals surface area contributed by atoms with Gasteiger partial charge in [-0.05, 0) is 43.9 Å². The first-order chi connectivity index (χ1) is 12.3. The smallest absolute Gasteiger partial charge is 0.255 e. The van der Waals surface area contributed by atoms with Gasteiger partial charge in [0.05, 0.1) is 15.5 Å². The lowest BCUT2D eigenvalue weighted by atomic mass is 10.1. The summed E-state index contributed by atoms with van der Waals surface area (Å²) in [5.41, 5.74) is 0.299. The summed E-state index contributed by atoms with van der Waals surface area (Å²) in [6.45, 7) is 0. The fraction of sp³-hybridized carbons (Fsp3) is 0.632. The molecule has 3 rings (SSSR count). The van der Waals surface area contributed by atoms with Crippen molar-refractivity contribution in [2.24, 2.45) is 0 Å². The van der Waals surface area contributed by atoms with Crippen LogP contribution >= 0.6 is 11.6 Å². The van der Waals surface area contributed by atoms with Crippen LogP contribution in [0.15, 0.2) is 23.1 Å². The summed E-state index contributed by atoms with van der Waals surface area (Å²) in [7, 11) is -0.648. The van der Waals surface area contributed by atoms with Crippen LogP contribution in [0.3, 0.4) is 0 Å². The van der Waals surface area contributed by atoms with Crippen LogP contribution in [0.2, 0.25) is 5.02 Å². The van der Waals surface area contributed by atoms with E-state index in [9.17, 15) is 13.2 Å². The summed E-state index contributed by atoms with van der Waals surface area (Å²) in [6, 6.07) is 4.92. The molecule has 0 radical (unpaired) electrons. The summed E-state index contributed by atoms with van der Waals surface area (Å²) in [5, 5.41) is 0.314. The number of sulfonamides is 1. The average Bonchev–Trinajstić information content (AvgIpc) is 3.29. The first-order valence-electron chi connectivity index (χ1n) is 9.37. The Balaban J connectivity index is 1.98. The molecule has 2 aliphatic carbocycles. The van der Waals surface area contributed by atoms with E-state index in [4.69, 9.17) is 11.6 Å². The van der Waals surface area contributed by atoms with Gasteiger partial charge in [0.1, 0.15) is 0 Å². The van der Waals surface area contributed by atoms with Crippen molar-refractivity contribution >= 4 is 27.5 Å². The van der Waals surface area contributed by atoms with Crippen LogP contribution in [0.5, 0.6) is 0 Å². The van der Waals surface area contributed by atoms with E-state index < -0.39 is 10.0 Å². The number of carbonyl (C=O) groups is 1. The number of hydrogen-bond donors (Lipinski definition) is 0. The lowest BCUT2D eigenvalue weighted by Crippen LogP contribution is -2.45. The first-order valence-corrected chi connectivity index (χ1v) is 11.2. The fourth-order valence-electron chi connectivity index (χ4n) is 4.17. The second-order valence-electron chi connectivity index (χ2n) is 7.52. The second kappa shape index (κ2) is 7.87. The molecule has 2 aliphatic rings. The highest BCUT2D eigenvalue weighted by Gasteiger charge is 2.35. The van der Waals surface area contributed by atoms with Gasteiger partial charge in [-0.1, -0.05) is 37.3 Å². The fourth-order valence-corrected chi connectivity index (χ4v) is 5.30. The molecule has 0 unspecified atom stereocenters. The first kappa shape index (κ1) is 19.6. The molecule has 0 N–H and O–H groups in total. The largest absolute Gasteiger partial charge is 0.333 e. The van der Waals surface area contributed by atoms with Crippen LogP contribution in [0.4, 0.5) is 0 Å². The van der Waals surface area contributed by atoms with Crippen molar-refractivity contribution in [3.63, 3.8) is 0 Å². The molecule has 0 bridgehead atoms. The summed E-state index contributed by atoms with van der Waals surface area (Å²) in [6.07, 6.45) is 8.66. The Hall–Kier alpha value is -1.11. The topological polar surface area (TPSA) is 57.7 Å². The molecule has 1 amide bonds. The third kappa shape index (κ3) is 3.78. The van der Waals surface area contributed by atoms with Crippen LogP contribution in [-0.2, 0) is 10.0 Å². The van der Waals surface area contributed by atoms with E-state index in [0.717, 1.165) is 55.7 Å². The third-order valence-corrected chi connectivity index (χ3v) is 7.76. The Labute approximate surface area is 161 Å². The normalized spacial score (nSPS) is 19.4. The highest BCUT2D eigenvalue weighted by molar-refractivity contribution is 7.89. The van der Waals surface area contributed by atoms with Crippen LogP contribution in [-0.4, -0.2) is 49.7 Å². The predicted molar refractivity (Wildman–Crippen MR) is 103 cm³/mol. The second-order valence-corrected chi connectivity index (χ2v) is 10.1. The van der Waals surface area contributed by atoms with E-state index in [-0.39, 0.29) is 22.9 Å². The maximum absolute atomic E-state index is 13.4. The molecular formula is C19H27ClN2O3S. The Kier molecular flexibility index (Phi) is 5.94. The minimum absolute atomic E-state index is 0.105. The molecule has 1 aromatic carbocycles. The summed E-state index contributed by atoms with van der Waals surface area (Å²) < 4.78 is 26.1. The number of benzene rings is 1. The minimum Gasteiger partial charge on any atom is -0.333 e. The van der Waals surface area contributed by atoms with Crippen LogP contribution in [0, 0.1) is 0 Å². The minimum atomic E-state index is -3.61. The van der Waals surface area contributed by atoms with Gasteiger partial charge in [-0.15, -0.1) is 0 Å². The third-order valence-electron chi connectivity index (χ3n) is 5.62. The molecule has 0 spiro atoms. The van der Waals surface area contributed by atoms with Crippen molar-refractivity contribution in [1.82, 2.24) is 9.21 Å². The summed E-state index contributed by atoms with van der Waals surface area (Å²) in [4.78, 5) is 15.5. The molecule has 0 heterocycles. The van der Waals surface area contributed by atoms with E-state index in [0.29, 0.717) is 10.6 Å². The quantitative estimate of drug-likeness (QED) is 0.755. The standard InChI is InChI=1S/C19H27ClN2O3S/c1-21(2)26(24,25)16-11-12-18(20)17(13-16)19(23)22(14-7-3-4-8-14)15-9-5-6-10-15/h11-15H,3-10H2,1-2H3. The molecule has 1 aromatic rings. The van der Waals surface area contributed by atoms with Gasteiger partial charge < -0.3 is 4.90 Å². The van der Waals surface area contributed by atoms with Crippen molar-refractivity contribution in [3.05, 3.63) is 28.8 Å². The molecule has 0 atom stereocenters. The number of carbonyl (C=O) groups excluding carboxylic acids is 1. The SMILES string of the molecule is CN(C)S(=O)(=O)c1ccc(Cl)c(C(=O)N(C2CCCC2)C2CCCC2)c1. The molecule has 0 aromatic heterocycles. The Bertz CT molecular complexity index is 751. The van der Waals surface area contributed by atoms with E-state index >= 15 is 0 Å². The zero-order chi connectivity index (χ0) is 18.9. The van der Waals surface area contributed by atoms with Gasteiger partial charge in [0.2, 0.25) is 10.0 Å².